The second-order valence-corrected chi connectivity index (χ2v) is 8.99. The van der Waals surface area contributed by atoms with Crippen molar-refractivity contribution in [2.75, 3.05) is 5.32 Å². The predicted molar refractivity (Wildman–Crippen MR) is 119 cm³/mol. The first-order valence-corrected chi connectivity index (χ1v) is 10.4. The fraction of sp³-hybridized carbons (Fsp3) is 0.391. The van der Waals surface area contributed by atoms with Crippen molar-refractivity contribution in [1.82, 2.24) is 10.3 Å². The summed E-state index contributed by atoms with van der Waals surface area (Å²) < 4.78 is 38.1. The first-order valence-electron chi connectivity index (χ1n) is 10.4. The van der Waals surface area contributed by atoms with E-state index in [-0.39, 0.29) is 29.9 Å². The number of pyridine rings is 1. The van der Waals surface area contributed by atoms with E-state index in [1.165, 1.54) is 0 Å². The van der Waals surface area contributed by atoms with Gasteiger partial charge in [-0.05, 0) is 48.7 Å². The van der Waals surface area contributed by atoms with Gasteiger partial charge in [-0.25, -0.2) is 4.79 Å². The van der Waals surface area contributed by atoms with Gasteiger partial charge >= 0.3 is 12.2 Å². The van der Waals surface area contributed by atoms with Crippen LogP contribution in [0, 0.1) is 5.41 Å². The second-order valence-electron chi connectivity index (χ2n) is 8.99. The molecule has 10 heteroatoms. The van der Waals surface area contributed by atoms with E-state index in [1.807, 2.05) is 20.8 Å². The highest BCUT2D eigenvalue weighted by Crippen LogP contribution is 2.40. The summed E-state index contributed by atoms with van der Waals surface area (Å²) in [5.74, 6) is 0.0515. The Kier molecular flexibility index (Phi) is 6.76. The van der Waals surface area contributed by atoms with Gasteiger partial charge in [-0.2, -0.15) is 18.2 Å². The minimum Gasteiger partial charge on any atom is -0.383 e. The maximum Gasteiger partial charge on any atom is 0.416 e. The highest BCUT2D eigenvalue weighted by atomic mass is 19.4. The third-order valence-corrected chi connectivity index (χ3v) is 5.03. The molecule has 1 aliphatic carbocycles. The lowest BCUT2D eigenvalue weighted by molar-refractivity contribution is -0.137. The van der Waals surface area contributed by atoms with Crippen LogP contribution in [0.1, 0.15) is 61.9 Å². The zero-order valence-electron chi connectivity index (χ0n) is 18.6. The number of hydrogen-bond donors (Lipinski definition) is 3. The van der Waals surface area contributed by atoms with Crippen LogP contribution in [0.5, 0.6) is 0 Å². The number of alkyl halides is 3. The molecule has 0 saturated heterocycles. The van der Waals surface area contributed by atoms with E-state index in [9.17, 15) is 22.8 Å². The monoisotopic (exact) mass is 461 g/mol. The van der Waals surface area contributed by atoms with Gasteiger partial charge in [-0.1, -0.05) is 20.8 Å². The number of rotatable bonds is 5. The van der Waals surface area contributed by atoms with Gasteiger partial charge in [0.25, 0.3) is 0 Å². The maximum atomic E-state index is 12.7. The van der Waals surface area contributed by atoms with E-state index >= 15 is 0 Å². The van der Waals surface area contributed by atoms with E-state index in [2.05, 4.69) is 20.6 Å². The number of nitrogens with one attached hydrogen (secondary N) is 2. The summed E-state index contributed by atoms with van der Waals surface area (Å²) in [4.78, 5) is 32.8. The van der Waals surface area contributed by atoms with E-state index in [4.69, 9.17) is 5.73 Å². The predicted octanol–water partition coefficient (Wildman–Crippen LogP) is 4.58. The number of aliphatic imine (C=N–C) groups is 1. The molecule has 1 saturated carbocycles. The van der Waals surface area contributed by atoms with Crippen molar-refractivity contribution in [3.05, 3.63) is 58.9 Å². The van der Waals surface area contributed by atoms with Crippen molar-refractivity contribution in [3.8, 4) is 0 Å². The summed E-state index contributed by atoms with van der Waals surface area (Å²) in [7, 11) is 0. The Hall–Kier alpha value is -3.43. The van der Waals surface area contributed by atoms with E-state index in [0.29, 0.717) is 11.1 Å². The van der Waals surface area contributed by atoms with Crippen LogP contribution in [0.3, 0.4) is 0 Å². The Morgan fingerprint density at radius 1 is 1.15 bits per heavy atom. The van der Waals surface area contributed by atoms with Crippen molar-refractivity contribution < 1.29 is 22.8 Å². The number of carbonyl (C=O) groups is 2. The van der Waals surface area contributed by atoms with Crippen molar-refractivity contribution in [3.63, 3.8) is 0 Å². The smallest absolute Gasteiger partial charge is 0.383 e. The molecule has 7 nitrogen and oxygen atoms in total. The van der Waals surface area contributed by atoms with E-state index in [0.717, 1.165) is 42.8 Å². The van der Waals surface area contributed by atoms with Crippen LogP contribution in [0.2, 0.25) is 0 Å². The number of halogens is 3. The molecule has 0 unspecified atom stereocenters. The number of hydrogen-bond acceptors (Lipinski definition) is 3. The molecule has 176 valence electrons. The molecule has 2 aromatic rings. The summed E-state index contributed by atoms with van der Waals surface area (Å²) >= 11 is 0. The minimum atomic E-state index is -4.46. The fourth-order valence-corrected chi connectivity index (χ4v) is 3.01. The second kappa shape index (κ2) is 9.21. The fourth-order valence-electron chi connectivity index (χ4n) is 3.01. The van der Waals surface area contributed by atoms with Crippen LogP contribution in [-0.4, -0.2) is 22.8 Å². The molecule has 4 N–H and O–H groups in total. The topological polar surface area (TPSA) is 109 Å². The number of benzene rings is 1. The number of nitrogens with two attached hydrogens (primary N) is 1. The zero-order chi connectivity index (χ0) is 24.4. The molecule has 1 aliphatic rings. The van der Waals surface area contributed by atoms with Crippen molar-refractivity contribution >= 4 is 23.5 Å². The highest BCUT2D eigenvalue weighted by Gasteiger charge is 2.30. The summed E-state index contributed by atoms with van der Waals surface area (Å²) in [5.41, 5.74) is 6.83. The van der Waals surface area contributed by atoms with Gasteiger partial charge in [0.2, 0.25) is 5.91 Å². The highest BCUT2D eigenvalue weighted by molar-refractivity contribution is 6.07. The number of aromatic nitrogens is 1. The zero-order valence-corrected chi connectivity index (χ0v) is 18.6. The number of nitrogens with zero attached hydrogens (tertiary/aromatic N) is 2. The summed E-state index contributed by atoms with van der Waals surface area (Å²) in [5, 5.41) is 5.24. The average Bonchev–Trinajstić information content (AvgIpc) is 3.56. The van der Waals surface area contributed by atoms with Crippen LogP contribution in [0.15, 0.2) is 41.5 Å². The molecule has 0 aliphatic heterocycles. The molecule has 1 aromatic carbocycles. The number of carbonyl (C=O) groups excluding carboxylic acids is 2. The van der Waals surface area contributed by atoms with Gasteiger partial charge < -0.3 is 16.4 Å². The summed E-state index contributed by atoms with van der Waals surface area (Å²) in [6, 6.07) is 4.94. The molecule has 3 rings (SSSR count). The van der Waals surface area contributed by atoms with Gasteiger partial charge in [0, 0.05) is 35.3 Å². The van der Waals surface area contributed by atoms with Gasteiger partial charge in [-0.15, -0.1) is 0 Å². The lowest BCUT2D eigenvalue weighted by Crippen LogP contribution is -2.34. The van der Waals surface area contributed by atoms with Crippen molar-refractivity contribution in [1.29, 1.82) is 0 Å². The average molecular weight is 461 g/mol. The largest absolute Gasteiger partial charge is 0.416 e. The Balaban J connectivity index is 1.75. The molecular weight excluding hydrogens is 435 g/mol. The van der Waals surface area contributed by atoms with Crippen LogP contribution >= 0.6 is 0 Å². The van der Waals surface area contributed by atoms with Crippen molar-refractivity contribution in [2.45, 2.75) is 52.3 Å². The molecule has 0 radical (unpaired) electrons. The van der Waals surface area contributed by atoms with Gasteiger partial charge in [0.05, 0.1) is 11.3 Å². The summed E-state index contributed by atoms with van der Waals surface area (Å²) in [6.45, 7) is 5.67. The molecule has 0 spiro atoms. The Morgan fingerprint density at radius 2 is 1.79 bits per heavy atom. The minimum absolute atomic E-state index is 0.0576. The molecular formula is C23H26F3N5O2. The van der Waals surface area contributed by atoms with Crippen molar-refractivity contribution in [2.24, 2.45) is 16.1 Å². The van der Waals surface area contributed by atoms with Crippen LogP contribution < -0.4 is 16.4 Å². The quantitative estimate of drug-likeness (QED) is 0.447. The standard InChI is InChI=1S/C23H26F3N5O2/c1-22(2,3)20(32)29-12-13-10-17(18(28-11-13)14-4-5-14)19(27)31-21(33)30-16-8-6-15(7-9-16)23(24,25)26/h6-11,14H,4-5,12H2,1-3H3,(H,29,32)(H3,27,30,31,33). The van der Waals surface area contributed by atoms with Crippen LogP contribution in [0.4, 0.5) is 23.7 Å². The van der Waals surface area contributed by atoms with Gasteiger partial charge in [0.1, 0.15) is 5.84 Å². The Morgan fingerprint density at radius 3 is 2.33 bits per heavy atom. The Bertz CT molecular complexity index is 1070. The Labute approximate surface area is 189 Å². The SMILES string of the molecule is CC(C)(C)C(=O)NCc1cnc(C2CC2)c(/C(N)=N/C(=O)Nc2ccc(C(F)(F)F)cc2)c1. The number of amidine groups is 1. The maximum absolute atomic E-state index is 12.7. The first kappa shape index (κ1) is 24.2. The molecule has 1 fully saturated rings. The third-order valence-electron chi connectivity index (χ3n) is 5.03. The number of urea groups is 1. The van der Waals surface area contributed by atoms with Crippen LogP contribution in [-0.2, 0) is 17.5 Å². The normalized spacial score (nSPS) is 14.7. The lowest BCUT2D eigenvalue weighted by Gasteiger charge is -2.18. The molecule has 1 heterocycles. The number of amides is 3. The molecule has 33 heavy (non-hydrogen) atoms. The molecule has 0 atom stereocenters. The van der Waals surface area contributed by atoms with E-state index in [1.54, 1.807) is 12.3 Å². The third kappa shape index (κ3) is 6.53. The van der Waals surface area contributed by atoms with Gasteiger partial charge in [-0.3, -0.25) is 9.78 Å². The number of anilines is 1. The lowest BCUT2D eigenvalue weighted by atomic mass is 9.95. The van der Waals surface area contributed by atoms with Gasteiger partial charge in [0.15, 0.2) is 0 Å². The summed E-state index contributed by atoms with van der Waals surface area (Å²) in [6.07, 6.45) is -0.902. The van der Waals surface area contributed by atoms with E-state index < -0.39 is 23.2 Å². The first-order chi connectivity index (χ1) is 15.3. The molecule has 0 bridgehead atoms. The molecule has 1 aromatic heterocycles. The van der Waals surface area contributed by atoms with Crippen LogP contribution in [0.25, 0.3) is 0 Å². The molecule has 3 amide bonds.